The summed E-state index contributed by atoms with van der Waals surface area (Å²) in [4.78, 5) is 30.9. The average Bonchev–Trinajstić information content (AvgIpc) is 3.39. The zero-order valence-electron chi connectivity index (χ0n) is 16.1. The number of thioether (sulfide) groups is 1. The summed E-state index contributed by atoms with van der Waals surface area (Å²) in [6, 6.07) is 11.2. The van der Waals surface area contributed by atoms with E-state index in [1.807, 2.05) is 30.3 Å². The van der Waals surface area contributed by atoms with Gasteiger partial charge in [0.05, 0.1) is 18.7 Å². The Kier molecular flexibility index (Phi) is 6.24. The molecular formula is C20H19N5O3S2. The second-order valence-electron chi connectivity index (χ2n) is 6.59. The van der Waals surface area contributed by atoms with Crippen LogP contribution in [0.25, 0.3) is 0 Å². The topological polar surface area (TPSA) is 97.3 Å². The van der Waals surface area contributed by atoms with Gasteiger partial charge in [0, 0.05) is 31.1 Å². The van der Waals surface area contributed by atoms with Gasteiger partial charge in [-0.25, -0.2) is 0 Å². The molecule has 0 radical (unpaired) electrons. The lowest BCUT2D eigenvalue weighted by atomic mass is 10.1. The van der Waals surface area contributed by atoms with Gasteiger partial charge < -0.3 is 15.0 Å². The van der Waals surface area contributed by atoms with Crippen molar-refractivity contribution < 1.29 is 14.3 Å². The molecule has 0 aliphatic carbocycles. The molecule has 1 aliphatic heterocycles. The van der Waals surface area contributed by atoms with Crippen LogP contribution in [-0.2, 0) is 15.3 Å². The molecule has 1 N–H and O–H groups in total. The second kappa shape index (κ2) is 9.23. The van der Waals surface area contributed by atoms with E-state index in [1.54, 1.807) is 30.5 Å². The Bertz CT molecular complexity index is 1040. The molecule has 4 rings (SSSR count). The summed E-state index contributed by atoms with van der Waals surface area (Å²) in [6.07, 6.45) is 3.68. The lowest BCUT2D eigenvalue weighted by Gasteiger charge is -2.19. The summed E-state index contributed by atoms with van der Waals surface area (Å²) >= 11 is 2.85. The van der Waals surface area contributed by atoms with E-state index in [4.69, 9.17) is 4.74 Å². The monoisotopic (exact) mass is 441 g/mol. The van der Waals surface area contributed by atoms with Crippen LogP contribution in [0.5, 0.6) is 5.75 Å². The zero-order chi connectivity index (χ0) is 20.9. The molecule has 1 aliphatic rings. The standard InChI is InChI=1S/C20H19N5O3S2/c1-28-16-7-3-2-6-15(16)25-11-14(9-17(25)26)18(27)22-19-23-24-20(30-19)29-12-13-5-4-8-21-10-13/h2-8,10,14H,9,11-12H2,1H3,(H,22,23,27)/t14-/m0/s1. The van der Waals surface area contributed by atoms with E-state index in [-0.39, 0.29) is 18.2 Å². The number of hydrogen-bond donors (Lipinski definition) is 1. The summed E-state index contributed by atoms with van der Waals surface area (Å²) in [5, 5.41) is 11.4. The number of hydrogen-bond acceptors (Lipinski definition) is 8. The Morgan fingerprint density at radius 3 is 2.97 bits per heavy atom. The smallest absolute Gasteiger partial charge is 0.231 e. The quantitative estimate of drug-likeness (QED) is 0.444. The van der Waals surface area contributed by atoms with Crippen molar-refractivity contribution in [3.05, 3.63) is 54.4 Å². The van der Waals surface area contributed by atoms with Crippen LogP contribution in [0.3, 0.4) is 0 Å². The lowest BCUT2D eigenvalue weighted by Crippen LogP contribution is -2.28. The summed E-state index contributed by atoms with van der Waals surface area (Å²) < 4.78 is 6.09. The normalized spacial score (nSPS) is 16.0. The number of rotatable bonds is 7. The lowest BCUT2D eigenvalue weighted by molar-refractivity contribution is -0.122. The summed E-state index contributed by atoms with van der Waals surface area (Å²) in [5.41, 5.74) is 1.76. The molecule has 3 heterocycles. The summed E-state index contributed by atoms with van der Waals surface area (Å²) in [5.74, 6) is 0.524. The average molecular weight is 442 g/mol. The first-order valence-corrected chi connectivity index (χ1v) is 11.0. The number of ether oxygens (including phenoxy) is 1. The van der Waals surface area contributed by atoms with Gasteiger partial charge in [-0.1, -0.05) is 41.3 Å². The maximum absolute atomic E-state index is 12.7. The molecule has 1 aromatic carbocycles. The van der Waals surface area contributed by atoms with Gasteiger partial charge in [0.2, 0.25) is 16.9 Å². The number of amides is 2. The van der Waals surface area contributed by atoms with Crippen molar-refractivity contribution in [3.8, 4) is 5.75 Å². The highest BCUT2D eigenvalue weighted by molar-refractivity contribution is 8.00. The number of carbonyl (C=O) groups is 2. The fourth-order valence-electron chi connectivity index (χ4n) is 3.12. The van der Waals surface area contributed by atoms with Crippen molar-refractivity contribution in [1.82, 2.24) is 15.2 Å². The Labute approximate surface area is 181 Å². The molecule has 0 spiro atoms. The fraction of sp³-hybridized carbons (Fsp3) is 0.250. The minimum absolute atomic E-state index is 0.107. The highest BCUT2D eigenvalue weighted by Gasteiger charge is 2.36. The van der Waals surface area contributed by atoms with E-state index in [0.717, 1.165) is 15.7 Å². The number of nitrogens with one attached hydrogen (secondary N) is 1. The Morgan fingerprint density at radius 2 is 2.17 bits per heavy atom. The number of pyridine rings is 1. The Balaban J connectivity index is 1.35. The van der Waals surface area contributed by atoms with Gasteiger partial charge in [0.1, 0.15) is 5.75 Å². The van der Waals surface area contributed by atoms with Crippen molar-refractivity contribution in [2.75, 3.05) is 23.9 Å². The van der Waals surface area contributed by atoms with Crippen molar-refractivity contribution >= 4 is 45.7 Å². The minimum Gasteiger partial charge on any atom is -0.495 e. The number of nitrogens with zero attached hydrogens (tertiary/aromatic N) is 4. The molecule has 8 nitrogen and oxygen atoms in total. The fourth-order valence-corrected chi connectivity index (χ4v) is 4.81. The minimum atomic E-state index is -0.460. The van der Waals surface area contributed by atoms with Crippen molar-refractivity contribution in [2.24, 2.45) is 5.92 Å². The van der Waals surface area contributed by atoms with Crippen LogP contribution in [0.4, 0.5) is 10.8 Å². The maximum atomic E-state index is 12.7. The van der Waals surface area contributed by atoms with Gasteiger partial charge in [-0.05, 0) is 23.8 Å². The third kappa shape index (κ3) is 4.60. The maximum Gasteiger partial charge on any atom is 0.231 e. The van der Waals surface area contributed by atoms with E-state index in [9.17, 15) is 9.59 Å². The number of para-hydroxylation sites is 2. The molecular weight excluding hydrogens is 422 g/mol. The van der Waals surface area contributed by atoms with Gasteiger partial charge in [-0.2, -0.15) is 0 Å². The van der Waals surface area contributed by atoms with Gasteiger partial charge in [0.15, 0.2) is 4.34 Å². The van der Waals surface area contributed by atoms with E-state index in [2.05, 4.69) is 20.5 Å². The first-order valence-electron chi connectivity index (χ1n) is 9.23. The van der Waals surface area contributed by atoms with E-state index in [1.165, 1.54) is 23.1 Å². The van der Waals surface area contributed by atoms with Crippen LogP contribution in [0.15, 0.2) is 53.1 Å². The molecule has 0 unspecified atom stereocenters. The number of benzene rings is 1. The van der Waals surface area contributed by atoms with Gasteiger partial charge in [0.25, 0.3) is 0 Å². The van der Waals surface area contributed by atoms with Crippen molar-refractivity contribution in [2.45, 2.75) is 16.5 Å². The number of aromatic nitrogens is 3. The van der Waals surface area contributed by atoms with Gasteiger partial charge >= 0.3 is 0 Å². The molecule has 3 aromatic rings. The van der Waals surface area contributed by atoms with Gasteiger partial charge in [-0.15, -0.1) is 10.2 Å². The third-order valence-corrected chi connectivity index (χ3v) is 6.64. The predicted molar refractivity (Wildman–Crippen MR) is 116 cm³/mol. The van der Waals surface area contributed by atoms with Crippen LogP contribution < -0.4 is 15.0 Å². The van der Waals surface area contributed by atoms with Crippen LogP contribution >= 0.6 is 23.1 Å². The molecule has 154 valence electrons. The molecule has 0 saturated carbocycles. The zero-order valence-corrected chi connectivity index (χ0v) is 17.8. The Hall–Kier alpha value is -2.98. The molecule has 1 atom stereocenters. The highest BCUT2D eigenvalue weighted by atomic mass is 32.2. The van der Waals surface area contributed by atoms with Gasteiger partial charge in [-0.3, -0.25) is 14.6 Å². The second-order valence-corrected chi connectivity index (χ2v) is 8.79. The van der Waals surface area contributed by atoms with Crippen LogP contribution in [-0.4, -0.2) is 40.7 Å². The highest BCUT2D eigenvalue weighted by Crippen LogP contribution is 2.33. The van der Waals surface area contributed by atoms with Crippen molar-refractivity contribution in [3.63, 3.8) is 0 Å². The summed E-state index contributed by atoms with van der Waals surface area (Å²) in [7, 11) is 1.56. The Morgan fingerprint density at radius 1 is 1.30 bits per heavy atom. The van der Waals surface area contributed by atoms with E-state index >= 15 is 0 Å². The number of anilines is 2. The molecule has 10 heteroatoms. The molecule has 2 aromatic heterocycles. The number of methoxy groups -OCH3 is 1. The molecule has 2 amide bonds. The third-order valence-electron chi connectivity index (χ3n) is 4.59. The molecule has 1 saturated heterocycles. The summed E-state index contributed by atoms with van der Waals surface area (Å²) in [6.45, 7) is 0.298. The predicted octanol–water partition coefficient (Wildman–Crippen LogP) is 3.23. The molecule has 1 fully saturated rings. The SMILES string of the molecule is COc1ccccc1N1C[C@@H](C(=O)Nc2nnc(SCc3cccnc3)s2)CC1=O. The first kappa shape index (κ1) is 20.3. The van der Waals surface area contributed by atoms with E-state index in [0.29, 0.717) is 23.1 Å². The number of carbonyl (C=O) groups excluding carboxylic acids is 2. The molecule has 0 bridgehead atoms. The largest absolute Gasteiger partial charge is 0.495 e. The molecule has 30 heavy (non-hydrogen) atoms. The van der Waals surface area contributed by atoms with Crippen LogP contribution in [0.1, 0.15) is 12.0 Å². The van der Waals surface area contributed by atoms with E-state index < -0.39 is 5.92 Å². The first-order chi connectivity index (χ1) is 14.6. The van der Waals surface area contributed by atoms with Crippen molar-refractivity contribution in [1.29, 1.82) is 0 Å². The van der Waals surface area contributed by atoms with Crippen LogP contribution in [0.2, 0.25) is 0 Å². The van der Waals surface area contributed by atoms with Crippen LogP contribution in [0, 0.1) is 5.92 Å².